The van der Waals surface area contributed by atoms with E-state index in [4.69, 9.17) is 4.74 Å². The summed E-state index contributed by atoms with van der Waals surface area (Å²) in [5.74, 6) is 0.271. The monoisotopic (exact) mass is 256 g/mol. The molecule has 1 nitrogen and oxygen atoms in total. The Labute approximate surface area is 113 Å². The zero-order valence-corrected chi connectivity index (χ0v) is 11.1. The van der Waals surface area contributed by atoms with E-state index in [0.717, 1.165) is 41.5 Å². The van der Waals surface area contributed by atoms with Crippen molar-refractivity contribution >= 4 is 0 Å². The molecule has 0 unspecified atom stereocenters. The van der Waals surface area contributed by atoms with E-state index in [1.807, 2.05) is 37.3 Å². The Morgan fingerprint density at radius 1 is 1.16 bits per heavy atom. The van der Waals surface area contributed by atoms with Crippen LogP contribution in [0.4, 0.5) is 4.39 Å². The van der Waals surface area contributed by atoms with Gasteiger partial charge in [-0.3, -0.25) is 0 Å². The number of halogens is 1. The van der Waals surface area contributed by atoms with Crippen molar-refractivity contribution in [2.45, 2.75) is 32.8 Å². The summed E-state index contributed by atoms with van der Waals surface area (Å²) < 4.78 is 20.1. The maximum Gasteiger partial charge on any atom is 0.168 e. The number of ether oxygens (including phenoxy) is 1. The van der Waals surface area contributed by atoms with Crippen molar-refractivity contribution < 1.29 is 9.13 Å². The maximum absolute atomic E-state index is 14.4. The average Bonchev–Trinajstić information content (AvgIpc) is 2.88. The van der Waals surface area contributed by atoms with Crippen LogP contribution in [0.25, 0.3) is 0 Å². The second-order valence-electron chi connectivity index (χ2n) is 5.10. The Hall–Kier alpha value is -1.83. The van der Waals surface area contributed by atoms with E-state index in [0.29, 0.717) is 12.4 Å². The van der Waals surface area contributed by atoms with Crippen LogP contribution in [-0.4, -0.2) is 0 Å². The first-order valence-electron chi connectivity index (χ1n) is 6.73. The highest BCUT2D eigenvalue weighted by Gasteiger charge is 2.21. The third-order valence-corrected chi connectivity index (χ3v) is 3.70. The van der Waals surface area contributed by atoms with E-state index in [1.165, 1.54) is 0 Å². The van der Waals surface area contributed by atoms with Gasteiger partial charge in [0.1, 0.15) is 6.61 Å². The molecule has 2 aromatic rings. The van der Waals surface area contributed by atoms with Gasteiger partial charge in [-0.25, -0.2) is 4.39 Å². The zero-order chi connectivity index (χ0) is 13.2. The number of rotatable bonds is 3. The number of aryl methyl sites for hydroxylation is 2. The highest BCUT2D eigenvalue weighted by molar-refractivity contribution is 5.45. The van der Waals surface area contributed by atoms with Crippen molar-refractivity contribution in [3.63, 3.8) is 0 Å². The number of hydrogen-bond acceptors (Lipinski definition) is 1. The lowest BCUT2D eigenvalue weighted by Crippen LogP contribution is -2.02. The summed E-state index contributed by atoms with van der Waals surface area (Å²) in [5, 5.41) is 0. The lowest BCUT2D eigenvalue weighted by molar-refractivity contribution is 0.287. The van der Waals surface area contributed by atoms with E-state index < -0.39 is 0 Å². The predicted molar refractivity (Wildman–Crippen MR) is 73.9 cm³/mol. The van der Waals surface area contributed by atoms with Crippen LogP contribution in [0.1, 0.15) is 28.7 Å². The van der Waals surface area contributed by atoms with Crippen LogP contribution < -0.4 is 4.74 Å². The molecule has 0 bridgehead atoms. The molecule has 0 saturated heterocycles. The fraction of sp³-hybridized carbons (Fsp3) is 0.294. The van der Waals surface area contributed by atoms with Crippen LogP contribution in [0.2, 0.25) is 0 Å². The Morgan fingerprint density at radius 3 is 2.74 bits per heavy atom. The lowest BCUT2D eigenvalue weighted by Gasteiger charge is -2.13. The molecule has 1 aliphatic rings. The van der Waals surface area contributed by atoms with Crippen LogP contribution in [0, 0.1) is 12.7 Å². The van der Waals surface area contributed by atoms with Gasteiger partial charge >= 0.3 is 0 Å². The third kappa shape index (κ3) is 2.35. The molecular weight excluding hydrogens is 239 g/mol. The maximum atomic E-state index is 14.4. The first kappa shape index (κ1) is 12.2. The molecule has 3 rings (SSSR count). The molecular formula is C17H17FO. The fourth-order valence-corrected chi connectivity index (χ4v) is 2.72. The normalized spacial score (nSPS) is 13.4. The van der Waals surface area contributed by atoms with Crippen LogP contribution in [0.15, 0.2) is 36.4 Å². The van der Waals surface area contributed by atoms with E-state index in [-0.39, 0.29) is 5.82 Å². The third-order valence-electron chi connectivity index (χ3n) is 3.70. The molecule has 2 heteroatoms. The molecule has 0 aromatic heterocycles. The summed E-state index contributed by atoms with van der Waals surface area (Å²) in [6, 6.07) is 11.9. The van der Waals surface area contributed by atoms with Gasteiger partial charge in [-0.15, -0.1) is 0 Å². The average molecular weight is 256 g/mol. The number of benzene rings is 2. The van der Waals surface area contributed by atoms with Gasteiger partial charge in [0.15, 0.2) is 11.6 Å². The van der Waals surface area contributed by atoms with E-state index in [9.17, 15) is 4.39 Å². The van der Waals surface area contributed by atoms with Crippen LogP contribution in [0.5, 0.6) is 5.75 Å². The van der Waals surface area contributed by atoms with Gasteiger partial charge < -0.3 is 4.74 Å². The van der Waals surface area contributed by atoms with E-state index in [2.05, 4.69) is 6.07 Å². The van der Waals surface area contributed by atoms with Gasteiger partial charge in [-0.2, -0.15) is 0 Å². The van der Waals surface area contributed by atoms with Gasteiger partial charge in [-0.05, 0) is 48.4 Å². The largest absolute Gasteiger partial charge is 0.486 e. The molecule has 19 heavy (non-hydrogen) atoms. The van der Waals surface area contributed by atoms with Crippen molar-refractivity contribution in [3.05, 3.63) is 64.5 Å². The van der Waals surface area contributed by atoms with Gasteiger partial charge in [0.05, 0.1) is 0 Å². The Morgan fingerprint density at radius 2 is 1.95 bits per heavy atom. The van der Waals surface area contributed by atoms with Gasteiger partial charge in [0.2, 0.25) is 0 Å². The van der Waals surface area contributed by atoms with Gasteiger partial charge in [0, 0.05) is 0 Å². The quantitative estimate of drug-likeness (QED) is 0.799. The van der Waals surface area contributed by atoms with Crippen molar-refractivity contribution in [2.24, 2.45) is 0 Å². The SMILES string of the molecule is Cc1cc2c(c(F)c1OCc1ccccc1)CCC2. The van der Waals surface area contributed by atoms with Crippen molar-refractivity contribution in [3.8, 4) is 5.75 Å². The molecule has 2 aromatic carbocycles. The first-order valence-corrected chi connectivity index (χ1v) is 6.73. The molecule has 0 atom stereocenters. The van der Waals surface area contributed by atoms with E-state index in [1.54, 1.807) is 0 Å². The predicted octanol–water partition coefficient (Wildman–Crippen LogP) is 4.20. The molecule has 0 fully saturated rings. The van der Waals surface area contributed by atoms with Gasteiger partial charge in [-0.1, -0.05) is 36.4 Å². The molecule has 0 saturated carbocycles. The Kier molecular flexibility index (Phi) is 3.24. The summed E-state index contributed by atoms with van der Waals surface area (Å²) in [5.41, 5.74) is 3.96. The number of hydrogen-bond donors (Lipinski definition) is 0. The second-order valence-corrected chi connectivity index (χ2v) is 5.10. The Bertz CT molecular complexity index is 590. The minimum Gasteiger partial charge on any atom is -0.486 e. The highest BCUT2D eigenvalue weighted by atomic mass is 19.1. The lowest BCUT2D eigenvalue weighted by atomic mass is 10.1. The molecule has 0 N–H and O–H groups in total. The molecule has 0 amide bonds. The minimum atomic E-state index is -0.150. The second kappa shape index (κ2) is 5.04. The van der Waals surface area contributed by atoms with Crippen molar-refractivity contribution in [1.29, 1.82) is 0 Å². The molecule has 0 radical (unpaired) electrons. The fourth-order valence-electron chi connectivity index (χ4n) is 2.72. The van der Waals surface area contributed by atoms with Crippen LogP contribution >= 0.6 is 0 Å². The van der Waals surface area contributed by atoms with Crippen molar-refractivity contribution in [1.82, 2.24) is 0 Å². The summed E-state index contributed by atoms with van der Waals surface area (Å²) in [7, 11) is 0. The smallest absolute Gasteiger partial charge is 0.168 e. The minimum absolute atomic E-state index is 0.150. The highest BCUT2D eigenvalue weighted by Crippen LogP contribution is 2.33. The first-order chi connectivity index (χ1) is 9.25. The summed E-state index contributed by atoms with van der Waals surface area (Å²) in [6.45, 7) is 2.33. The molecule has 0 heterocycles. The zero-order valence-electron chi connectivity index (χ0n) is 11.1. The molecule has 0 spiro atoms. The number of fused-ring (bicyclic) bond motifs is 1. The van der Waals surface area contributed by atoms with Crippen molar-refractivity contribution in [2.75, 3.05) is 0 Å². The van der Waals surface area contributed by atoms with Crippen LogP contribution in [0.3, 0.4) is 0 Å². The van der Waals surface area contributed by atoms with Crippen LogP contribution in [-0.2, 0) is 19.4 Å². The molecule has 98 valence electrons. The molecule has 1 aliphatic carbocycles. The topological polar surface area (TPSA) is 9.23 Å². The standard InChI is InChI=1S/C17H17FO/c1-12-10-14-8-5-9-15(14)16(18)17(12)19-11-13-6-3-2-4-7-13/h2-4,6-7,10H,5,8-9,11H2,1H3. The summed E-state index contributed by atoms with van der Waals surface area (Å²) in [4.78, 5) is 0. The molecule has 0 aliphatic heterocycles. The van der Waals surface area contributed by atoms with E-state index >= 15 is 0 Å². The van der Waals surface area contributed by atoms with Gasteiger partial charge in [0.25, 0.3) is 0 Å². The summed E-state index contributed by atoms with van der Waals surface area (Å²) >= 11 is 0. The summed E-state index contributed by atoms with van der Waals surface area (Å²) in [6.07, 6.45) is 2.88. The Balaban J connectivity index is 1.85.